The summed E-state index contributed by atoms with van der Waals surface area (Å²) in [4.78, 5) is 0. The molecule has 0 radical (unpaired) electrons. The monoisotopic (exact) mass is 1340 g/mol. The Labute approximate surface area is 544 Å². The number of hydrogen-bond donors (Lipinski definition) is 0. The molecule has 0 aliphatic carbocycles. The fourth-order valence-corrected chi connectivity index (χ4v) is 14.0. The molecule has 0 spiro atoms. The Kier molecular flexibility index (Phi) is 28.8. The quantitative estimate of drug-likeness (QED) is 0.135. The van der Waals surface area contributed by atoms with Crippen molar-refractivity contribution < 1.29 is 142 Å². The van der Waals surface area contributed by atoms with Gasteiger partial charge in [0.15, 0.2) is 37.7 Å². The van der Waals surface area contributed by atoms with Crippen molar-refractivity contribution in [3.63, 3.8) is 0 Å². The minimum atomic E-state index is -1.25. The Hall–Kier alpha value is -2.66. The number of ether oxygens (including phenoxy) is 30. The van der Waals surface area contributed by atoms with E-state index in [1.807, 2.05) is 42.5 Å². The zero-order valence-corrected chi connectivity index (χ0v) is 56.4. The molecule has 0 amide bonds. The maximum absolute atomic E-state index is 7.18. The van der Waals surface area contributed by atoms with E-state index >= 15 is 0 Å². The first-order valence-corrected chi connectivity index (χ1v) is 31.1. The summed E-state index contributed by atoms with van der Waals surface area (Å²) in [6.07, 6.45) is -30.6. The smallest absolute Gasteiger partial charge is 0.187 e. The Morgan fingerprint density at radius 1 is 0.237 bits per heavy atom. The van der Waals surface area contributed by atoms with Gasteiger partial charge in [0.2, 0.25) is 0 Å². The van der Waals surface area contributed by atoms with Crippen LogP contribution in [0.5, 0.6) is 5.75 Å². The van der Waals surface area contributed by atoms with Crippen LogP contribution in [-0.2, 0) is 137 Å². The van der Waals surface area contributed by atoms with Gasteiger partial charge in [0.05, 0.1) is 33.0 Å². The van der Waals surface area contributed by atoms with E-state index in [0.717, 1.165) is 10.8 Å². The summed E-state index contributed by atoms with van der Waals surface area (Å²) < 4.78 is 196. The minimum absolute atomic E-state index is 0.0145. The van der Waals surface area contributed by atoms with Crippen molar-refractivity contribution in [2.45, 2.75) is 184 Å². The van der Waals surface area contributed by atoms with Gasteiger partial charge in [-0.3, -0.25) is 0 Å². The van der Waals surface area contributed by atoms with Crippen LogP contribution >= 0.6 is 0 Å². The number of benzene rings is 2. The first kappa shape index (κ1) is 74.6. The van der Waals surface area contributed by atoms with Crippen LogP contribution in [0, 0.1) is 0 Å². The average Bonchev–Trinajstić information content (AvgIpc) is 0.778. The minimum Gasteiger partial charge on any atom is -0.491 e. The second-order valence-electron chi connectivity index (χ2n) is 23.4. The van der Waals surface area contributed by atoms with Crippen molar-refractivity contribution in [1.29, 1.82) is 0 Å². The van der Waals surface area contributed by atoms with Crippen LogP contribution in [0.15, 0.2) is 42.5 Å². The van der Waals surface area contributed by atoms with E-state index in [2.05, 4.69) is 0 Å². The highest BCUT2D eigenvalue weighted by molar-refractivity contribution is 5.83. The third kappa shape index (κ3) is 16.2. The van der Waals surface area contributed by atoms with Gasteiger partial charge in [-0.25, -0.2) is 0 Å². The van der Waals surface area contributed by atoms with Gasteiger partial charge in [-0.1, -0.05) is 30.3 Å². The lowest BCUT2D eigenvalue weighted by Gasteiger charge is -2.53. The molecule has 532 valence electrons. The number of fused-ring (bicyclic) bond motifs is 1. The lowest BCUT2D eigenvalue weighted by atomic mass is 9.94. The van der Waals surface area contributed by atoms with Crippen LogP contribution in [0.2, 0.25) is 0 Å². The number of rotatable bonds is 25. The van der Waals surface area contributed by atoms with Crippen molar-refractivity contribution in [3.05, 3.63) is 42.5 Å². The van der Waals surface area contributed by atoms with E-state index in [4.69, 9.17) is 142 Å². The zero-order valence-electron chi connectivity index (χ0n) is 56.4. The summed E-state index contributed by atoms with van der Waals surface area (Å²) in [6, 6.07) is 13.8. The van der Waals surface area contributed by atoms with Crippen molar-refractivity contribution in [1.82, 2.24) is 0 Å². The molecule has 30 atom stereocenters. The maximum Gasteiger partial charge on any atom is 0.187 e. The van der Waals surface area contributed by atoms with Crippen molar-refractivity contribution in [2.24, 2.45) is 0 Å². The lowest BCUT2D eigenvalue weighted by Crippen LogP contribution is -2.70. The number of methoxy groups -OCH3 is 17. The summed E-state index contributed by atoms with van der Waals surface area (Å²) in [5.74, 6) is 0.555. The van der Waals surface area contributed by atoms with Gasteiger partial charge >= 0.3 is 0 Å². The van der Waals surface area contributed by atoms with Crippen LogP contribution < -0.4 is 4.74 Å². The Balaban J connectivity index is 1.15. The fraction of sp³-hybridized carbons (Fsp3) is 0.841. The second-order valence-corrected chi connectivity index (χ2v) is 23.4. The van der Waals surface area contributed by atoms with E-state index in [-0.39, 0.29) is 39.6 Å². The first-order valence-electron chi connectivity index (χ1n) is 31.1. The molecular weight excluding hydrogens is 1240 g/mol. The van der Waals surface area contributed by atoms with Crippen LogP contribution in [0.25, 0.3) is 10.8 Å². The summed E-state index contributed by atoms with van der Waals surface area (Å²) in [6.45, 7) is -0.216. The Morgan fingerprint density at radius 3 is 0.667 bits per heavy atom. The SMILES string of the molecule is COC[C@H]1O[C@@H]2O[C@H]3[C@H](OC)[C@@H](OC)[C@@H](O[C@H]4[C@H](OC)[C@@H](OC)[C@@H](O[C@H]5[C@H](OC)[C@@H](OC)[C@@H](O[C@H]6[C@H](OC)[C@@H](OC)[C@@H](O[C@H]7[C@@H](OC)[C@H](OC)[C@@H](O[C@H]1[C@H](OC)[C@H]2OC)O[C@@H]7COC)O[C@@H]6COC)O[C@@H]5COC)O[C@@H]4COC)O[C@@H]3COc1ccc2ccccc2c1. The molecule has 0 saturated carbocycles. The van der Waals surface area contributed by atoms with Gasteiger partial charge in [0.25, 0.3) is 0 Å². The number of hydrogen-bond acceptors (Lipinski definition) is 30. The van der Waals surface area contributed by atoms with Crippen LogP contribution in [0.3, 0.4) is 0 Å². The van der Waals surface area contributed by atoms with Crippen molar-refractivity contribution in [3.8, 4) is 5.75 Å². The molecule has 93 heavy (non-hydrogen) atoms. The molecule has 12 bridgehead atoms. The third-order valence-corrected chi connectivity index (χ3v) is 18.4. The molecule has 30 heteroatoms. The van der Waals surface area contributed by atoms with Crippen LogP contribution in [-0.4, -0.2) is 345 Å². The molecule has 0 aromatic heterocycles. The summed E-state index contributed by atoms with van der Waals surface area (Å²) >= 11 is 0. The molecule has 30 nitrogen and oxygen atoms in total. The molecule has 24 rings (SSSR count). The summed E-state index contributed by atoms with van der Waals surface area (Å²) in [5, 5.41) is 1.99. The van der Waals surface area contributed by atoms with Gasteiger partial charge in [0.1, 0.15) is 159 Å². The molecule has 2 aromatic carbocycles. The van der Waals surface area contributed by atoms with Gasteiger partial charge in [-0.2, -0.15) is 0 Å². The Bertz CT molecular complexity index is 2460. The van der Waals surface area contributed by atoms with E-state index < -0.39 is 184 Å². The molecule has 22 saturated heterocycles. The van der Waals surface area contributed by atoms with E-state index in [1.165, 1.54) is 121 Å². The lowest BCUT2D eigenvalue weighted by molar-refractivity contribution is -0.409. The molecule has 0 N–H and O–H groups in total. The van der Waals surface area contributed by atoms with Gasteiger partial charge in [0, 0.05) is 121 Å². The van der Waals surface area contributed by atoms with E-state index in [9.17, 15) is 0 Å². The molecule has 22 heterocycles. The first-order chi connectivity index (χ1) is 45.4. The largest absolute Gasteiger partial charge is 0.491 e. The van der Waals surface area contributed by atoms with Crippen LogP contribution in [0.4, 0.5) is 0 Å². The standard InChI is InChI=1S/C63H100O30/c1-64-25-34-40-46(69-6)52(75-12)58(82-34)89-41-35(26-65-2)84-60(54(77-14)47(41)70-7)91-43-37(28-67-4)86-62(56(79-16)49(43)72-9)93-45-39(30-81-33-23-22-31-20-18-19-21-32(31)24-33)87-63(57(80-17)51(45)74-11)92-44-38(29-68-5)85-61(55(78-15)50(44)73-10)90-42-36(27-66-3)83-59(88-40)53(76-13)48(42)71-8/h18-24,34-63H,25-30H2,1-17H3/t34-,35-,36-,37-,38-,39-,40-,41-,42-,43-,44-,45-,46+,47-,48+,49+,50+,51+,52-,53-,54+,55-,56-,57-,58-,59-,60-,61-,62-,63-/m1/s1. The van der Waals surface area contributed by atoms with Crippen molar-refractivity contribution >= 4 is 10.8 Å². The van der Waals surface area contributed by atoms with Gasteiger partial charge in [-0.15, -0.1) is 0 Å². The summed E-state index contributed by atoms with van der Waals surface area (Å²) in [5.41, 5.74) is 0. The highest BCUT2D eigenvalue weighted by Crippen LogP contribution is 2.42. The molecule has 2 aromatic rings. The average molecular weight is 1340 g/mol. The molecule has 22 aliphatic heterocycles. The predicted molar refractivity (Wildman–Crippen MR) is 320 cm³/mol. The van der Waals surface area contributed by atoms with Gasteiger partial charge < -0.3 is 142 Å². The summed E-state index contributed by atoms with van der Waals surface area (Å²) in [7, 11) is 25.9. The maximum atomic E-state index is 7.18. The third-order valence-electron chi connectivity index (χ3n) is 18.4. The topological polar surface area (TPSA) is 277 Å². The Morgan fingerprint density at radius 2 is 0.452 bits per heavy atom. The molecule has 22 aliphatic rings. The highest BCUT2D eigenvalue weighted by Gasteiger charge is 2.61. The van der Waals surface area contributed by atoms with E-state index in [1.54, 1.807) is 0 Å². The fourth-order valence-electron chi connectivity index (χ4n) is 14.0. The van der Waals surface area contributed by atoms with Crippen molar-refractivity contribution in [2.75, 3.05) is 161 Å². The predicted octanol–water partition coefficient (Wildman–Crippen LogP) is 1.30. The molecule has 22 fully saturated rings. The molecular formula is C63H100O30. The second kappa shape index (κ2) is 35.9. The molecule has 0 unspecified atom stereocenters. The van der Waals surface area contributed by atoms with Crippen LogP contribution in [0.1, 0.15) is 0 Å². The highest BCUT2D eigenvalue weighted by atomic mass is 16.8. The van der Waals surface area contributed by atoms with Gasteiger partial charge in [-0.05, 0) is 22.9 Å². The zero-order chi connectivity index (χ0) is 66.5. The normalized spacial score (nSPS) is 42.7. The van der Waals surface area contributed by atoms with E-state index in [0.29, 0.717) is 5.75 Å².